The lowest BCUT2D eigenvalue weighted by molar-refractivity contribution is 0.262. The molecule has 0 atom stereocenters. The molecule has 3 N–H and O–H groups in total. The highest BCUT2D eigenvalue weighted by Gasteiger charge is 2.14. The molecule has 0 aromatic heterocycles. The number of hydrogen-bond donors (Lipinski definition) is 3. The summed E-state index contributed by atoms with van der Waals surface area (Å²) in [5.41, 5.74) is 0.505. The molecule has 0 saturated carbocycles. The van der Waals surface area contributed by atoms with Crippen molar-refractivity contribution in [3.8, 4) is 5.75 Å². The summed E-state index contributed by atoms with van der Waals surface area (Å²) in [6, 6.07) is 8.97. The zero-order valence-corrected chi connectivity index (χ0v) is 14.7. The number of carbonyl (C=O) groups excluding carboxylic acids is 1. The van der Waals surface area contributed by atoms with Crippen LogP contribution >= 0.6 is 34.8 Å². The number of anilines is 2. The van der Waals surface area contributed by atoms with Gasteiger partial charge in [0.25, 0.3) is 0 Å². The molecule has 4 nitrogen and oxygen atoms in total. The molecule has 0 heterocycles. The Morgan fingerprint density at radius 3 is 2.36 bits per heavy atom. The molecule has 0 fully saturated rings. The third-order valence-electron chi connectivity index (χ3n) is 3.44. The summed E-state index contributed by atoms with van der Waals surface area (Å²) < 4.78 is 13.1. The van der Waals surface area contributed by atoms with Crippen molar-refractivity contribution in [3.05, 3.63) is 63.3 Å². The average Bonchev–Trinajstić information content (AvgIpc) is 2.54. The van der Waals surface area contributed by atoms with E-state index in [0.717, 1.165) is 6.07 Å². The van der Waals surface area contributed by atoms with Crippen molar-refractivity contribution in [1.29, 1.82) is 0 Å². The van der Waals surface area contributed by atoms with Crippen LogP contribution < -0.4 is 10.6 Å². The van der Waals surface area contributed by atoms with Gasteiger partial charge in [-0.25, -0.2) is 9.18 Å². The van der Waals surface area contributed by atoms with E-state index in [2.05, 4.69) is 10.6 Å². The predicted octanol–water partition coefficient (Wildman–Crippen LogP) is 6.29. The first-order valence-electron chi connectivity index (χ1n) is 6.99. The van der Waals surface area contributed by atoms with Crippen molar-refractivity contribution in [2.24, 2.45) is 0 Å². The normalized spacial score (nSPS) is 10.7. The van der Waals surface area contributed by atoms with Crippen molar-refractivity contribution < 1.29 is 14.3 Å². The van der Waals surface area contributed by atoms with E-state index in [1.807, 2.05) is 0 Å². The Balaban J connectivity index is 1.94. The standard InChI is InChI=1S/C17H10Cl3FN2O2/c18-12-7-14(20)16(11-6-9(24)2-3-10(11)12)23-17(25)22-15-4-1-8(21)5-13(15)19/h1-7,24H,(H2,22,23,25). The van der Waals surface area contributed by atoms with Crippen LogP contribution in [0.1, 0.15) is 0 Å². The van der Waals surface area contributed by atoms with E-state index in [9.17, 15) is 14.3 Å². The van der Waals surface area contributed by atoms with E-state index >= 15 is 0 Å². The van der Waals surface area contributed by atoms with Crippen molar-refractivity contribution in [2.75, 3.05) is 10.6 Å². The number of carbonyl (C=O) groups is 1. The number of fused-ring (bicyclic) bond motifs is 1. The molecule has 2 amide bonds. The number of nitrogens with one attached hydrogen (secondary N) is 2. The molecule has 3 aromatic carbocycles. The zero-order chi connectivity index (χ0) is 18.1. The van der Waals surface area contributed by atoms with Gasteiger partial charge in [0.2, 0.25) is 0 Å². The summed E-state index contributed by atoms with van der Waals surface area (Å²) in [4.78, 5) is 12.3. The summed E-state index contributed by atoms with van der Waals surface area (Å²) in [6.07, 6.45) is 0. The van der Waals surface area contributed by atoms with Crippen molar-refractivity contribution in [2.45, 2.75) is 0 Å². The molecule has 0 aliphatic heterocycles. The third kappa shape index (κ3) is 3.74. The van der Waals surface area contributed by atoms with Gasteiger partial charge in [-0.05, 0) is 42.5 Å². The summed E-state index contributed by atoms with van der Waals surface area (Å²) >= 11 is 18.2. The molecule has 25 heavy (non-hydrogen) atoms. The quantitative estimate of drug-likeness (QED) is 0.474. The third-order valence-corrected chi connectivity index (χ3v) is 4.36. The van der Waals surface area contributed by atoms with Gasteiger partial charge in [0.15, 0.2) is 0 Å². The molecule has 0 radical (unpaired) electrons. The molecule has 0 unspecified atom stereocenters. The Morgan fingerprint density at radius 1 is 0.880 bits per heavy atom. The summed E-state index contributed by atoms with van der Waals surface area (Å²) in [5.74, 6) is -0.519. The zero-order valence-electron chi connectivity index (χ0n) is 12.4. The number of rotatable bonds is 2. The van der Waals surface area contributed by atoms with Crippen molar-refractivity contribution in [1.82, 2.24) is 0 Å². The SMILES string of the molecule is O=C(Nc1ccc(F)cc1Cl)Nc1c(Cl)cc(Cl)c2ccc(O)cc12. The van der Waals surface area contributed by atoms with Gasteiger partial charge in [-0.15, -0.1) is 0 Å². The summed E-state index contributed by atoms with van der Waals surface area (Å²) in [7, 11) is 0. The van der Waals surface area contributed by atoms with Gasteiger partial charge in [-0.2, -0.15) is 0 Å². The molecule has 0 aliphatic rings. The number of amides is 2. The Hall–Kier alpha value is -2.21. The molecular weight excluding hydrogens is 390 g/mol. The van der Waals surface area contributed by atoms with Gasteiger partial charge in [0.05, 0.1) is 26.4 Å². The van der Waals surface area contributed by atoms with Crippen LogP contribution in [0, 0.1) is 5.82 Å². The van der Waals surface area contributed by atoms with Gasteiger partial charge < -0.3 is 15.7 Å². The first kappa shape index (κ1) is 17.6. The Morgan fingerprint density at radius 2 is 1.64 bits per heavy atom. The van der Waals surface area contributed by atoms with Crippen LogP contribution in [0.3, 0.4) is 0 Å². The Labute approximate surface area is 157 Å². The van der Waals surface area contributed by atoms with E-state index in [1.165, 1.54) is 30.3 Å². The number of phenolic OH excluding ortho intramolecular Hbond substituents is 1. The molecule has 0 aliphatic carbocycles. The minimum absolute atomic E-state index is 0.00382. The van der Waals surface area contributed by atoms with Gasteiger partial charge in [-0.1, -0.05) is 34.8 Å². The summed E-state index contributed by atoms with van der Waals surface area (Å²) in [6.45, 7) is 0. The van der Waals surface area contributed by atoms with Gasteiger partial charge in [0, 0.05) is 10.8 Å². The highest BCUT2D eigenvalue weighted by atomic mass is 35.5. The topological polar surface area (TPSA) is 61.4 Å². The minimum atomic E-state index is -0.637. The van der Waals surface area contributed by atoms with Crippen LogP contribution in [0.2, 0.25) is 15.1 Å². The fraction of sp³-hybridized carbons (Fsp3) is 0. The second-order valence-corrected chi connectivity index (χ2v) is 6.37. The number of benzene rings is 3. The molecule has 0 saturated heterocycles. The average molecular weight is 400 g/mol. The molecule has 8 heteroatoms. The number of urea groups is 1. The first-order valence-corrected chi connectivity index (χ1v) is 8.12. The maximum absolute atomic E-state index is 13.1. The molecule has 128 valence electrons. The van der Waals surface area contributed by atoms with Crippen LogP contribution in [-0.2, 0) is 0 Å². The Bertz CT molecular complexity index is 995. The van der Waals surface area contributed by atoms with E-state index < -0.39 is 11.8 Å². The second kappa shape index (κ2) is 6.96. The lowest BCUT2D eigenvalue weighted by Gasteiger charge is -2.14. The maximum Gasteiger partial charge on any atom is 0.323 e. The second-order valence-electron chi connectivity index (χ2n) is 5.15. The Kier molecular flexibility index (Phi) is 4.90. The largest absolute Gasteiger partial charge is 0.508 e. The minimum Gasteiger partial charge on any atom is -0.508 e. The van der Waals surface area contributed by atoms with Crippen LogP contribution in [0.4, 0.5) is 20.6 Å². The highest BCUT2D eigenvalue weighted by Crippen LogP contribution is 2.38. The van der Waals surface area contributed by atoms with Gasteiger partial charge in [-0.3, -0.25) is 0 Å². The van der Waals surface area contributed by atoms with Gasteiger partial charge in [0.1, 0.15) is 11.6 Å². The highest BCUT2D eigenvalue weighted by molar-refractivity contribution is 6.41. The fourth-order valence-electron chi connectivity index (χ4n) is 2.32. The smallest absolute Gasteiger partial charge is 0.323 e. The molecule has 3 rings (SSSR count). The van der Waals surface area contributed by atoms with Crippen molar-refractivity contribution in [3.63, 3.8) is 0 Å². The van der Waals surface area contributed by atoms with Gasteiger partial charge >= 0.3 is 6.03 Å². The van der Waals surface area contributed by atoms with Crippen molar-refractivity contribution >= 4 is 63.0 Å². The molecular formula is C17H10Cl3FN2O2. The number of aromatic hydroxyl groups is 1. The number of hydrogen-bond acceptors (Lipinski definition) is 2. The molecule has 0 bridgehead atoms. The molecule has 0 spiro atoms. The van der Waals surface area contributed by atoms with E-state index in [0.29, 0.717) is 15.8 Å². The van der Waals surface area contributed by atoms with Crippen LogP contribution in [0.15, 0.2) is 42.5 Å². The monoisotopic (exact) mass is 398 g/mol. The lowest BCUT2D eigenvalue weighted by Crippen LogP contribution is -2.20. The number of halogens is 4. The fourth-order valence-corrected chi connectivity index (χ4v) is 3.12. The first-order chi connectivity index (χ1) is 11.8. The van der Waals surface area contributed by atoms with Crippen LogP contribution in [0.5, 0.6) is 5.75 Å². The molecule has 3 aromatic rings. The summed E-state index contributed by atoms with van der Waals surface area (Å²) in [5, 5.41) is 16.5. The van der Waals surface area contributed by atoms with E-state index in [4.69, 9.17) is 34.8 Å². The van der Waals surface area contributed by atoms with E-state index in [-0.39, 0.29) is 27.2 Å². The van der Waals surface area contributed by atoms with Crippen LogP contribution in [-0.4, -0.2) is 11.1 Å². The van der Waals surface area contributed by atoms with E-state index in [1.54, 1.807) is 6.07 Å². The lowest BCUT2D eigenvalue weighted by atomic mass is 10.1. The maximum atomic E-state index is 13.1. The number of phenols is 1. The predicted molar refractivity (Wildman–Crippen MR) is 99.7 cm³/mol. The van der Waals surface area contributed by atoms with Crippen LogP contribution in [0.25, 0.3) is 10.8 Å².